The van der Waals surface area contributed by atoms with Crippen molar-refractivity contribution in [2.24, 2.45) is 0 Å². The van der Waals surface area contributed by atoms with Crippen molar-refractivity contribution in [2.45, 2.75) is 20.3 Å². The molecule has 0 saturated heterocycles. The van der Waals surface area contributed by atoms with Crippen LogP contribution in [0.1, 0.15) is 27.0 Å². The monoisotopic (exact) mass is 349 g/mol. The number of aromatic nitrogens is 1. The number of anilines is 2. The highest BCUT2D eigenvalue weighted by molar-refractivity contribution is 7.14. The third-order valence-corrected chi connectivity index (χ3v) is 5.08. The molecule has 0 bridgehead atoms. The van der Waals surface area contributed by atoms with E-state index >= 15 is 0 Å². The molecule has 2 aromatic carbocycles. The molecule has 0 atom stereocenters. The molecule has 3 aromatic rings. The predicted molar refractivity (Wildman–Crippen MR) is 104 cm³/mol. The molecule has 2 heterocycles. The van der Waals surface area contributed by atoms with Crippen molar-refractivity contribution < 1.29 is 4.79 Å². The van der Waals surface area contributed by atoms with E-state index in [1.807, 2.05) is 31.4 Å². The molecule has 2 N–H and O–H groups in total. The number of amides is 1. The summed E-state index contributed by atoms with van der Waals surface area (Å²) < 4.78 is 0. The fourth-order valence-electron chi connectivity index (χ4n) is 3.20. The number of benzene rings is 2. The first-order valence-electron chi connectivity index (χ1n) is 8.31. The van der Waals surface area contributed by atoms with Gasteiger partial charge in [0, 0.05) is 28.7 Å². The summed E-state index contributed by atoms with van der Waals surface area (Å²) in [5.41, 5.74) is 7.35. The van der Waals surface area contributed by atoms with Gasteiger partial charge in [0.1, 0.15) is 0 Å². The highest BCUT2D eigenvalue weighted by Crippen LogP contribution is 2.30. The molecule has 0 unspecified atom stereocenters. The lowest BCUT2D eigenvalue weighted by Crippen LogP contribution is -2.12. The van der Waals surface area contributed by atoms with Crippen molar-refractivity contribution in [3.8, 4) is 11.3 Å². The highest BCUT2D eigenvalue weighted by atomic mass is 32.1. The summed E-state index contributed by atoms with van der Waals surface area (Å²) in [6, 6.07) is 12.2. The summed E-state index contributed by atoms with van der Waals surface area (Å²) in [6.07, 6.45) is 1.05. The Balaban J connectivity index is 1.54. The van der Waals surface area contributed by atoms with Gasteiger partial charge in [0.05, 0.1) is 5.69 Å². The van der Waals surface area contributed by atoms with E-state index in [2.05, 4.69) is 39.9 Å². The van der Waals surface area contributed by atoms with Crippen LogP contribution in [0.15, 0.2) is 41.8 Å². The third-order valence-electron chi connectivity index (χ3n) is 4.32. The zero-order chi connectivity index (χ0) is 17.4. The first-order chi connectivity index (χ1) is 12.1. The molecular weight excluding hydrogens is 330 g/mol. The maximum atomic E-state index is 12.5. The lowest BCUT2D eigenvalue weighted by molar-refractivity contribution is 0.102. The molecule has 126 valence electrons. The molecule has 1 aliphatic heterocycles. The lowest BCUT2D eigenvalue weighted by atomic mass is 10.1. The van der Waals surface area contributed by atoms with Crippen molar-refractivity contribution in [1.29, 1.82) is 0 Å². The lowest BCUT2D eigenvalue weighted by Gasteiger charge is -2.05. The molecule has 4 nitrogen and oxygen atoms in total. The van der Waals surface area contributed by atoms with Crippen LogP contribution in [-0.2, 0) is 6.42 Å². The first-order valence-corrected chi connectivity index (χ1v) is 9.19. The van der Waals surface area contributed by atoms with Gasteiger partial charge in [-0.25, -0.2) is 4.98 Å². The zero-order valence-corrected chi connectivity index (χ0v) is 15.0. The number of aryl methyl sites for hydroxylation is 2. The summed E-state index contributed by atoms with van der Waals surface area (Å²) in [5, 5.41) is 8.88. The molecule has 0 saturated carbocycles. The van der Waals surface area contributed by atoms with Crippen molar-refractivity contribution >= 4 is 28.1 Å². The van der Waals surface area contributed by atoms with Gasteiger partial charge >= 0.3 is 0 Å². The Morgan fingerprint density at radius 3 is 2.76 bits per heavy atom. The minimum atomic E-state index is -0.120. The molecule has 25 heavy (non-hydrogen) atoms. The van der Waals surface area contributed by atoms with Crippen LogP contribution in [0.4, 0.5) is 10.8 Å². The highest BCUT2D eigenvalue weighted by Gasteiger charge is 2.14. The van der Waals surface area contributed by atoms with Crippen LogP contribution in [-0.4, -0.2) is 17.4 Å². The van der Waals surface area contributed by atoms with Crippen LogP contribution in [0.5, 0.6) is 0 Å². The predicted octanol–water partition coefficient (Wildman–Crippen LogP) is 4.65. The van der Waals surface area contributed by atoms with Crippen molar-refractivity contribution in [1.82, 2.24) is 4.98 Å². The van der Waals surface area contributed by atoms with Crippen molar-refractivity contribution in [3.05, 3.63) is 64.0 Å². The molecule has 0 radical (unpaired) electrons. The van der Waals surface area contributed by atoms with Crippen LogP contribution in [0, 0.1) is 13.8 Å². The fourth-order valence-corrected chi connectivity index (χ4v) is 3.92. The normalized spacial score (nSPS) is 12.6. The van der Waals surface area contributed by atoms with E-state index in [-0.39, 0.29) is 5.91 Å². The molecule has 1 aromatic heterocycles. The number of carbonyl (C=O) groups is 1. The number of hydrogen-bond donors (Lipinski definition) is 2. The number of hydrogen-bond acceptors (Lipinski definition) is 4. The molecule has 5 heteroatoms. The maximum absolute atomic E-state index is 12.5. The Labute approximate surface area is 150 Å². The van der Waals surface area contributed by atoms with Crippen molar-refractivity contribution in [2.75, 3.05) is 17.2 Å². The van der Waals surface area contributed by atoms with Gasteiger partial charge in [-0.3, -0.25) is 10.1 Å². The Kier molecular flexibility index (Phi) is 4.01. The summed E-state index contributed by atoms with van der Waals surface area (Å²) in [5.74, 6) is -0.120. The molecule has 0 fully saturated rings. The van der Waals surface area contributed by atoms with E-state index in [0.717, 1.165) is 35.3 Å². The van der Waals surface area contributed by atoms with Crippen LogP contribution in [0.2, 0.25) is 0 Å². The van der Waals surface area contributed by atoms with Crippen LogP contribution < -0.4 is 10.6 Å². The largest absolute Gasteiger partial charge is 0.384 e. The van der Waals surface area contributed by atoms with Gasteiger partial charge in [-0.2, -0.15) is 0 Å². The molecule has 1 aliphatic rings. The molecule has 1 amide bonds. The topological polar surface area (TPSA) is 54.0 Å². The van der Waals surface area contributed by atoms with Gasteiger partial charge in [0.15, 0.2) is 5.13 Å². The number of nitrogens with one attached hydrogen (secondary N) is 2. The van der Waals surface area contributed by atoms with E-state index in [9.17, 15) is 4.79 Å². The van der Waals surface area contributed by atoms with Crippen LogP contribution in [0.25, 0.3) is 11.3 Å². The minimum Gasteiger partial charge on any atom is -0.384 e. The second kappa shape index (κ2) is 6.33. The smallest absolute Gasteiger partial charge is 0.257 e. The fraction of sp³-hybridized carbons (Fsp3) is 0.200. The minimum absolute atomic E-state index is 0.120. The summed E-state index contributed by atoms with van der Waals surface area (Å²) in [7, 11) is 0. The second-order valence-electron chi connectivity index (χ2n) is 6.42. The SMILES string of the molecule is Cc1cc(C)cc(C(=O)Nc2nc(-c3ccc4c(c3)CCN4)cs2)c1. The maximum Gasteiger partial charge on any atom is 0.257 e. The first kappa shape index (κ1) is 15.8. The Hall–Kier alpha value is -2.66. The number of carbonyl (C=O) groups excluding carboxylic acids is 1. The number of rotatable bonds is 3. The van der Waals surface area contributed by atoms with E-state index in [1.54, 1.807) is 0 Å². The third kappa shape index (κ3) is 3.28. The van der Waals surface area contributed by atoms with Crippen LogP contribution >= 0.6 is 11.3 Å². The molecular formula is C20H19N3OS. The Bertz CT molecular complexity index is 941. The van der Waals surface area contributed by atoms with Crippen LogP contribution in [0.3, 0.4) is 0 Å². The summed E-state index contributed by atoms with van der Waals surface area (Å²) in [4.78, 5) is 17.0. The number of fused-ring (bicyclic) bond motifs is 1. The summed E-state index contributed by atoms with van der Waals surface area (Å²) >= 11 is 1.45. The zero-order valence-electron chi connectivity index (χ0n) is 14.2. The average molecular weight is 349 g/mol. The summed E-state index contributed by atoms with van der Waals surface area (Å²) in [6.45, 7) is 4.98. The van der Waals surface area contributed by atoms with Gasteiger partial charge in [-0.1, -0.05) is 23.3 Å². The van der Waals surface area contributed by atoms with Gasteiger partial charge in [-0.05, 0) is 50.1 Å². The van der Waals surface area contributed by atoms with Gasteiger partial charge in [0.25, 0.3) is 5.91 Å². The number of nitrogens with zero attached hydrogens (tertiary/aromatic N) is 1. The molecule has 0 spiro atoms. The van der Waals surface area contributed by atoms with E-state index in [4.69, 9.17) is 0 Å². The molecule has 0 aliphatic carbocycles. The van der Waals surface area contributed by atoms with Gasteiger partial charge < -0.3 is 5.32 Å². The number of thiazole rings is 1. The Morgan fingerprint density at radius 2 is 1.96 bits per heavy atom. The average Bonchev–Trinajstić information content (AvgIpc) is 3.22. The molecule has 4 rings (SSSR count). The van der Waals surface area contributed by atoms with Gasteiger partial charge in [0.2, 0.25) is 0 Å². The standard InChI is InChI=1S/C20H19N3OS/c1-12-7-13(2)9-16(8-12)19(24)23-20-22-18(11-25-20)14-3-4-17-15(10-14)5-6-21-17/h3-4,7-11,21H,5-6H2,1-2H3,(H,22,23,24). The van der Waals surface area contributed by atoms with Gasteiger partial charge in [-0.15, -0.1) is 11.3 Å². The second-order valence-corrected chi connectivity index (χ2v) is 7.28. The van der Waals surface area contributed by atoms with E-state index in [1.165, 1.54) is 22.6 Å². The Morgan fingerprint density at radius 1 is 1.16 bits per heavy atom. The van der Waals surface area contributed by atoms with E-state index in [0.29, 0.717) is 10.7 Å². The van der Waals surface area contributed by atoms with Crippen molar-refractivity contribution in [3.63, 3.8) is 0 Å². The quantitative estimate of drug-likeness (QED) is 0.724. The van der Waals surface area contributed by atoms with E-state index < -0.39 is 0 Å².